The maximum Gasteiger partial charge on any atom is 0.121 e. The zero-order valence-corrected chi connectivity index (χ0v) is 15.7. The first-order chi connectivity index (χ1) is 12.9. The summed E-state index contributed by atoms with van der Waals surface area (Å²) in [6, 6.07) is 23.4. The van der Waals surface area contributed by atoms with Crippen LogP contribution in [0.1, 0.15) is 38.2 Å². The Morgan fingerprint density at radius 2 is 1.69 bits per heavy atom. The number of hydrogen-bond donors (Lipinski definition) is 1. The zero-order valence-electron chi connectivity index (χ0n) is 15.7. The molecule has 0 heterocycles. The standard InChI is InChI=1S/C24H29NO/c1-2-3-4-7-18-26-23-14-9-13-22(19-23)25-17-16-21-12-8-11-20-10-5-6-15-24(20)21/h5-6,8-15,19,25H,2-4,7,16-18H2,1H3. The van der Waals surface area contributed by atoms with Crippen LogP contribution in [-0.4, -0.2) is 13.2 Å². The third-order valence-electron chi connectivity index (χ3n) is 4.70. The Morgan fingerprint density at radius 3 is 2.62 bits per heavy atom. The molecule has 3 rings (SSSR count). The van der Waals surface area contributed by atoms with Gasteiger partial charge in [-0.25, -0.2) is 0 Å². The molecule has 0 bridgehead atoms. The Hall–Kier alpha value is -2.48. The summed E-state index contributed by atoms with van der Waals surface area (Å²) in [6.45, 7) is 3.95. The minimum absolute atomic E-state index is 0.805. The van der Waals surface area contributed by atoms with E-state index in [2.05, 4.69) is 72.9 Å². The number of benzene rings is 3. The minimum atomic E-state index is 0.805. The molecule has 0 saturated heterocycles. The molecule has 0 radical (unpaired) electrons. The van der Waals surface area contributed by atoms with Gasteiger partial charge in [-0.2, -0.15) is 0 Å². The quantitative estimate of drug-likeness (QED) is 0.425. The molecule has 0 amide bonds. The van der Waals surface area contributed by atoms with E-state index in [1.54, 1.807) is 0 Å². The van der Waals surface area contributed by atoms with Crippen molar-refractivity contribution in [1.82, 2.24) is 0 Å². The van der Waals surface area contributed by atoms with Gasteiger partial charge in [0.15, 0.2) is 0 Å². The number of anilines is 1. The smallest absolute Gasteiger partial charge is 0.121 e. The molecule has 0 aliphatic rings. The highest BCUT2D eigenvalue weighted by molar-refractivity contribution is 5.85. The Labute approximate surface area is 157 Å². The summed E-state index contributed by atoms with van der Waals surface area (Å²) < 4.78 is 5.88. The molecule has 0 saturated carbocycles. The van der Waals surface area contributed by atoms with Crippen LogP contribution in [0.25, 0.3) is 10.8 Å². The van der Waals surface area contributed by atoms with Crippen molar-refractivity contribution in [1.29, 1.82) is 0 Å². The normalized spacial score (nSPS) is 10.8. The van der Waals surface area contributed by atoms with Crippen molar-refractivity contribution in [2.45, 2.75) is 39.0 Å². The Kier molecular flexibility index (Phi) is 6.95. The van der Waals surface area contributed by atoms with E-state index < -0.39 is 0 Å². The average Bonchev–Trinajstić information content (AvgIpc) is 2.68. The first-order valence-electron chi connectivity index (χ1n) is 9.80. The Balaban J connectivity index is 1.51. The van der Waals surface area contributed by atoms with Gasteiger partial charge in [-0.15, -0.1) is 0 Å². The zero-order chi connectivity index (χ0) is 18.0. The maximum atomic E-state index is 5.88. The molecule has 2 heteroatoms. The highest BCUT2D eigenvalue weighted by Crippen LogP contribution is 2.20. The van der Waals surface area contributed by atoms with Crippen molar-refractivity contribution >= 4 is 16.5 Å². The van der Waals surface area contributed by atoms with Crippen LogP contribution in [0.5, 0.6) is 5.75 Å². The second kappa shape index (κ2) is 9.86. The molecular weight excluding hydrogens is 318 g/mol. The lowest BCUT2D eigenvalue weighted by atomic mass is 10.0. The number of fused-ring (bicyclic) bond motifs is 1. The van der Waals surface area contributed by atoms with Crippen LogP contribution in [0, 0.1) is 0 Å². The summed E-state index contributed by atoms with van der Waals surface area (Å²) in [4.78, 5) is 0. The fourth-order valence-electron chi connectivity index (χ4n) is 3.27. The van der Waals surface area contributed by atoms with E-state index in [0.29, 0.717) is 0 Å². The summed E-state index contributed by atoms with van der Waals surface area (Å²) in [5, 5.41) is 6.19. The van der Waals surface area contributed by atoms with Gasteiger partial charge in [0.2, 0.25) is 0 Å². The van der Waals surface area contributed by atoms with E-state index >= 15 is 0 Å². The predicted molar refractivity (Wildman–Crippen MR) is 112 cm³/mol. The average molecular weight is 348 g/mol. The lowest BCUT2D eigenvalue weighted by Crippen LogP contribution is -2.05. The number of rotatable bonds is 10. The molecule has 1 N–H and O–H groups in total. The van der Waals surface area contributed by atoms with Crippen LogP contribution in [0.2, 0.25) is 0 Å². The highest BCUT2D eigenvalue weighted by atomic mass is 16.5. The van der Waals surface area contributed by atoms with Gasteiger partial charge in [0.1, 0.15) is 5.75 Å². The van der Waals surface area contributed by atoms with Crippen LogP contribution in [-0.2, 0) is 6.42 Å². The molecule has 0 fully saturated rings. The lowest BCUT2D eigenvalue weighted by Gasteiger charge is -2.11. The van der Waals surface area contributed by atoms with Gasteiger partial charge in [0.25, 0.3) is 0 Å². The van der Waals surface area contributed by atoms with Gasteiger partial charge >= 0.3 is 0 Å². The molecule has 136 valence electrons. The second-order valence-electron chi connectivity index (χ2n) is 6.75. The first-order valence-corrected chi connectivity index (χ1v) is 9.80. The SMILES string of the molecule is CCCCCCOc1cccc(NCCc2cccc3ccccc23)c1. The van der Waals surface area contributed by atoms with Crippen LogP contribution in [0.15, 0.2) is 66.7 Å². The summed E-state index contributed by atoms with van der Waals surface area (Å²) in [5.41, 5.74) is 2.51. The van der Waals surface area contributed by atoms with E-state index in [1.807, 2.05) is 6.07 Å². The Bertz CT molecular complexity index is 807. The van der Waals surface area contributed by atoms with E-state index in [4.69, 9.17) is 4.74 Å². The number of nitrogens with one attached hydrogen (secondary N) is 1. The molecule has 3 aromatic rings. The molecule has 0 unspecified atom stereocenters. The van der Waals surface area contributed by atoms with Crippen LogP contribution < -0.4 is 10.1 Å². The molecule has 0 aromatic heterocycles. The number of hydrogen-bond acceptors (Lipinski definition) is 2. The monoisotopic (exact) mass is 347 g/mol. The molecule has 0 spiro atoms. The van der Waals surface area contributed by atoms with E-state index in [0.717, 1.165) is 37.4 Å². The van der Waals surface area contributed by atoms with Crippen molar-refractivity contribution in [2.75, 3.05) is 18.5 Å². The Morgan fingerprint density at radius 1 is 0.846 bits per heavy atom. The second-order valence-corrected chi connectivity index (χ2v) is 6.75. The van der Waals surface area contributed by atoms with Crippen molar-refractivity contribution < 1.29 is 4.74 Å². The number of ether oxygens (including phenoxy) is 1. The third-order valence-corrected chi connectivity index (χ3v) is 4.70. The molecule has 0 aliphatic carbocycles. The van der Waals surface area contributed by atoms with Crippen LogP contribution >= 0.6 is 0 Å². The molecule has 0 aliphatic heterocycles. The van der Waals surface area contributed by atoms with Gasteiger partial charge in [-0.05, 0) is 41.3 Å². The van der Waals surface area contributed by atoms with E-state index in [9.17, 15) is 0 Å². The number of unbranched alkanes of at least 4 members (excludes halogenated alkanes) is 3. The molecule has 2 nitrogen and oxygen atoms in total. The lowest BCUT2D eigenvalue weighted by molar-refractivity contribution is 0.305. The first kappa shape index (κ1) is 18.3. The van der Waals surface area contributed by atoms with Gasteiger partial charge in [-0.3, -0.25) is 0 Å². The van der Waals surface area contributed by atoms with Crippen LogP contribution in [0.4, 0.5) is 5.69 Å². The van der Waals surface area contributed by atoms with Crippen molar-refractivity contribution in [3.63, 3.8) is 0 Å². The molecule has 0 atom stereocenters. The topological polar surface area (TPSA) is 21.3 Å². The molecular formula is C24H29NO. The predicted octanol–water partition coefficient (Wildman–Crippen LogP) is 6.45. The van der Waals surface area contributed by atoms with Crippen molar-refractivity contribution in [3.05, 3.63) is 72.3 Å². The van der Waals surface area contributed by atoms with Crippen molar-refractivity contribution in [2.24, 2.45) is 0 Å². The van der Waals surface area contributed by atoms with Gasteiger partial charge in [0.05, 0.1) is 6.61 Å². The van der Waals surface area contributed by atoms with E-state index in [-0.39, 0.29) is 0 Å². The minimum Gasteiger partial charge on any atom is -0.494 e. The maximum absolute atomic E-state index is 5.88. The largest absolute Gasteiger partial charge is 0.494 e. The van der Waals surface area contributed by atoms with E-state index in [1.165, 1.54) is 35.6 Å². The summed E-state index contributed by atoms with van der Waals surface area (Å²) in [7, 11) is 0. The van der Waals surface area contributed by atoms with Gasteiger partial charge < -0.3 is 10.1 Å². The molecule has 3 aromatic carbocycles. The van der Waals surface area contributed by atoms with Gasteiger partial charge in [0, 0.05) is 18.3 Å². The van der Waals surface area contributed by atoms with Crippen LogP contribution in [0.3, 0.4) is 0 Å². The highest BCUT2D eigenvalue weighted by Gasteiger charge is 2.01. The fraction of sp³-hybridized carbons (Fsp3) is 0.333. The summed E-state index contributed by atoms with van der Waals surface area (Å²) >= 11 is 0. The molecule has 26 heavy (non-hydrogen) atoms. The third kappa shape index (κ3) is 5.26. The summed E-state index contributed by atoms with van der Waals surface area (Å²) in [6.07, 6.45) is 5.94. The van der Waals surface area contributed by atoms with Crippen molar-refractivity contribution in [3.8, 4) is 5.75 Å². The fourth-order valence-corrected chi connectivity index (χ4v) is 3.27. The van der Waals surface area contributed by atoms with Gasteiger partial charge in [-0.1, -0.05) is 74.7 Å². The summed E-state index contributed by atoms with van der Waals surface area (Å²) in [5.74, 6) is 0.955.